The van der Waals surface area contributed by atoms with Crippen LogP contribution in [0.3, 0.4) is 0 Å². The lowest BCUT2D eigenvalue weighted by Gasteiger charge is -2.38. The van der Waals surface area contributed by atoms with Crippen molar-refractivity contribution in [1.29, 1.82) is 0 Å². The van der Waals surface area contributed by atoms with Gasteiger partial charge in [-0.3, -0.25) is 0 Å². The molecule has 1 fully saturated rings. The molecule has 2 atom stereocenters. The number of rotatable bonds is 5. The molecule has 2 aromatic rings. The molecule has 4 nitrogen and oxygen atoms in total. The molecule has 1 N–H and O–H groups in total. The highest BCUT2D eigenvalue weighted by molar-refractivity contribution is 5.73. The Hall–Kier alpha value is -2.75. The number of urea groups is 1. The van der Waals surface area contributed by atoms with E-state index >= 15 is 0 Å². The minimum Gasteiger partial charge on any atom is -0.373 e. The Kier molecular flexibility index (Phi) is 7.56. The molecule has 33 heavy (non-hydrogen) atoms. The number of benzene rings is 2. The third kappa shape index (κ3) is 6.63. The van der Waals surface area contributed by atoms with Crippen molar-refractivity contribution in [3.63, 3.8) is 0 Å². The normalized spacial score (nSPS) is 19.4. The molecule has 0 bridgehead atoms. The maximum absolute atomic E-state index is 13.1. The fourth-order valence-electron chi connectivity index (χ4n) is 3.99. The first-order valence-corrected chi connectivity index (χ1v) is 10.4. The first-order chi connectivity index (χ1) is 15.5. The SMILES string of the molecule is CNC(=O)N1CCC(OCc2cc(C(F)(F)F)cc(C(F)(F)F)c2)C(Cc2ccccc2)C1. The number of halogens is 6. The second-order valence-electron chi connectivity index (χ2n) is 8.00. The van der Waals surface area contributed by atoms with E-state index in [-0.39, 0.29) is 23.6 Å². The maximum Gasteiger partial charge on any atom is 0.416 e. The molecule has 0 saturated carbocycles. The molecule has 0 aliphatic carbocycles. The molecule has 1 saturated heterocycles. The Bertz CT molecular complexity index is 914. The van der Waals surface area contributed by atoms with Crippen molar-refractivity contribution in [3.8, 4) is 0 Å². The van der Waals surface area contributed by atoms with Crippen molar-refractivity contribution in [2.24, 2.45) is 5.92 Å². The van der Waals surface area contributed by atoms with Crippen molar-refractivity contribution in [1.82, 2.24) is 10.2 Å². The van der Waals surface area contributed by atoms with E-state index in [1.807, 2.05) is 30.3 Å². The van der Waals surface area contributed by atoms with Gasteiger partial charge >= 0.3 is 18.4 Å². The van der Waals surface area contributed by atoms with E-state index in [0.29, 0.717) is 38.1 Å². The van der Waals surface area contributed by atoms with E-state index in [2.05, 4.69) is 5.32 Å². The number of nitrogens with zero attached hydrogens (tertiary/aromatic N) is 1. The molecule has 2 aromatic carbocycles. The van der Waals surface area contributed by atoms with Crippen LogP contribution in [0.25, 0.3) is 0 Å². The van der Waals surface area contributed by atoms with Crippen LogP contribution in [0.2, 0.25) is 0 Å². The molecule has 1 aliphatic rings. The molecule has 0 aromatic heterocycles. The number of piperidine rings is 1. The van der Waals surface area contributed by atoms with E-state index in [4.69, 9.17) is 4.74 Å². The van der Waals surface area contributed by atoms with E-state index in [0.717, 1.165) is 5.56 Å². The summed E-state index contributed by atoms with van der Waals surface area (Å²) >= 11 is 0. The second kappa shape index (κ2) is 10.0. The third-order valence-corrected chi connectivity index (χ3v) is 5.62. The minimum absolute atomic E-state index is 0.101. The summed E-state index contributed by atoms with van der Waals surface area (Å²) in [5.74, 6) is -0.175. The summed E-state index contributed by atoms with van der Waals surface area (Å²) in [6.07, 6.45) is -9.30. The molecule has 180 valence electrons. The van der Waals surface area contributed by atoms with Gasteiger partial charge < -0.3 is 15.0 Å². The number of carbonyl (C=O) groups excluding carboxylic acids is 1. The zero-order valence-electron chi connectivity index (χ0n) is 17.8. The highest BCUT2D eigenvalue weighted by Gasteiger charge is 2.37. The monoisotopic (exact) mass is 474 g/mol. The number of amides is 2. The molecule has 0 radical (unpaired) electrons. The molecule has 3 rings (SSSR count). The lowest BCUT2D eigenvalue weighted by molar-refractivity contribution is -0.143. The zero-order valence-corrected chi connectivity index (χ0v) is 17.8. The summed E-state index contributed by atoms with van der Waals surface area (Å²) in [5, 5.41) is 2.57. The zero-order chi connectivity index (χ0) is 24.2. The average molecular weight is 474 g/mol. The Morgan fingerprint density at radius 3 is 2.15 bits per heavy atom. The molecular weight excluding hydrogens is 450 g/mol. The van der Waals surface area contributed by atoms with Gasteiger partial charge in [0.2, 0.25) is 0 Å². The predicted molar refractivity (Wildman–Crippen MR) is 109 cm³/mol. The first-order valence-electron chi connectivity index (χ1n) is 10.4. The van der Waals surface area contributed by atoms with Gasteiger partial charge in [0.25, 0.3) is 0 Å². The number of carbonyl (C=O) groups is 1. The molecular formula is C23H24F6N2O2. The van der Waals surface area contributed by atoms with Crippen LogP contribution in [-0.4, -0.2) is 37.2 Å². The van der Waals surface area contributed by atoms with Crippen LogP contribution in [0.15, 0.2) is 48.5 Å². The van der Waals surface area contributed by atoms with Crippen LogP contribution in [0, 0.1) is 5.92 Å². The van der Waals surface area contributed by atoms with Crippen LogP contribution < -0.4 is 5.32 Å². The Balaban J connectivity index is 1.79. The van der Waals surface area contributed by atoms with Crippen LogP contribution in [0.4, 0.5) is 31.1 Å². The third-order valence-electron chi connectivity index (χ3n) is 5.62. The topological polar surface area (TPSA) is 41.6 Å². The van der Waals surface area contributed by atoms with Gasteiger partial charge in [0.1, 0.15) is 0 Å². The second-order valence-corrected chi connectivity index (χ2v) is 8.00. The van der Waals surface area contributed by atoms with Gasteiger partial charge in [-0.25, -0.2) is 4.79 Å². The van der Waals surface area contributed by atoms with Gasteiger partial charge in [0.05, 0.1) is 23.8 Å². The summed E-state index contributed by atoms with van der Waals surface area (Å²) in [6.45, 7) is 0.324. The smallest absolute Gasteiger partial charge is 0.373 e. The minimum atomic E-state index is -4.91. The van der Waals surface area contributed by atoms with Crippen molar-refractivity contribution in [3.05, 3.63) is 70.8 Å². The summed E-state index contributed by atoms with van der Waals surface area (Å²) in [4.78, 5) is 13.7. The maximum atomic E-state index is 13.1. The number of hydrogen-bond acceptors (Lipinski definition) is 2. The molecule has 10 heteroatoms. The van der Waals surface area contributed by atoms with Gasteiger partial charge in [-0.15, -0.1) is 0 Å². The summed E-state index contributed by atoms with van der Waals surface area (Å²) < 4.78 is 84.7. The van der Waals surface area contributed by atoms with Gasteiger partial charge in [0, 0.05) is 26.1 Å². The van der Waals surface area contributed by atoms with Crippen LogP contribution in [0.1, 0.15) is 28.7 Å². The van der Waals surface area contributed by atoms with Crippen molar-refractivity contribution >= 4 is 6.03 Å². The Morgan fingerprint density at radius 2 is 1.61 bits per heavy atom. The molecule has 0 spiro atoms. The standard InChI is InChI=1S/C23H24F6N2O2/c1-30-21(32)31-8-7-20(17(13-31)9-15-5-3-2-4-6-15)33-14-16-10-18(22(24,25)26)12-19(11-16)23(27,28)29/h2-6,10-12,17,20H,7-9,13-14H2,1H3,(H,30,32). The number of alkyl halides is 6. The van der Waals surface area contributed by atoms with E-state index < -0.39 is 36.2 Å². The summed E-state index contributed by atoms with van der Waals surface area (Å²) in [5.41, 5.74) is -1.95. The number of nitrogens with one attached hydrogen (secondary N) is 1. The summed E-state index contributed by atoms with van der Waals surface area (Å²) in [6, 6.07) is 10.6. The lowest BCUT2D eigenvalue weighted by atomic mass is 9.88. The molecule has 1 aliphatic heterocycles. The van der Waals surface area contributed by atoms with Crippen LogP contribution in [-0.2, 0) is 30.1 Å². The van der Waals surface area contributed by atoms with Gasteiger partial charge in [-0.1, -0.05) is 30.3 Å². The highest BCUT2D eigenvalue weighted by Crippen LogP contribution is 2.37. The van der Waals surface area contributed by atoms with Crippen molar-refractivity contribution in [2.75, 3.05) is 20.1 Å². The van der Waals surface area contributed by atoms with Gasteiger partial charge in [0.15, 0.2) is 0 Å². The van der Waals surface area contributed by atoms with Crippen LogP contribution in [0.5, 0.6) is 0 Å². The quantitative estimate of drug-likeness (QED) is 0.581. The highest BCUT2D eigenvalue weighted by atomic mass is 19.4. The number of hydrogen-bond donors (Lipinski definition) is 1. The largest absolute Gasteiger partial charge is 0.416 e. The first kappa shape index (κ1) is 24.9. The van der Waals surface area contributed by atoms with Crippen molar-refractivity contribution < 1.29 is 35.9 Å². The molecule has 1 heterocycles. The Labute approximate surface area is 187 Å². The number of ether oxygens (including phenoxy) is 1. The van der Waals surface area contributed by atoms with Gasteiger partial charge in [-0.05, 0) is 42.2 Å². The average Bonchev–Trinajstić information content (AvgIpc) is 2.77. The molecule has 2 amide bonds. The summed E-state index contributed by atoms with van der Waals surface area (Å²) in [7, 11) is 1.52. The van der Waals surface area contributed by atoms with Gasteiger partial charge in [-0.2, -0.15) is 26.3 Å². The fourth-order valence-corrected chi connectivity index (χ4v) is 3.99. The Morgan fingerprint density at radius 1 is 1.00 bits per heavy atom. The van der Waals surface area contributed by atoms with E-state index in [1.165, 1.54) is 7.05 Å². The van der Waals surface area contributed by atoms with E-state index in [9.17, 15) is 31.1 Å². The number of likely N-dealkylation sites (tertiary alicyclic amines) is 1. The van der Waals surface area contributed by atoms with E-state index in [1.54, 1.807) is 4.90 Å². The lowest BCUT2D eigenvalue weighted by Crippen LogP contribution is -2.50. The predicted octanol–water partition coefficient (Wildman–Crippen LogP) is 5.51. The fraction of sp³-hybridized carbons (Fsp3) is 0.435. The van der Waals surface area contributed by atoms with Crippen LogP contribution >= 0.6 is 0 Å². The van der Waals surface area contributed by atoms with Crippen molar-refractivity contribution in [2.45, 2.75) is 37.9 Å². The molecule has 2 unspecified atom stereocenters.